The topological polar surface area (TPSA) is 72.8 Å². The minimum atomic E-state index is 0.704. The molecule has 1 N–H and O–H groups in total. The average molecular weight is 354 g/mol. The number of hydrogen-bond acceptors (Lipinski definition) is 6. The van der Waals surface area contributed by atoms with Crippen LogP contribution >= 0.6 is 0 Å². The first-order chi connectivity index (χ1) is 12.7. The quantitative estimate of drug-likeness (QED) is 0.644. The van der Waals surface area contributed by atoms with Gasteiger partial charge in [0.15, 0.2) is 5.96 Å². The molecule has 8 heteroatoms. The van der Waals surface area contributed by atoms with E-state index in [4.69, 9.17) is 0 Å². The van der Waals surface area contributed by atoms with Crippen LogP contribution in [-0.2, 0) is 6.54 Å². The zero-order chi connectivity index (χ0) is 18.4. The molecular weight excluding hydrogens is 328 g/mol. The first kappa shape index (κ1) is 17.9. The number of pyridine rings is 1. The third-order valence-corrected chi connectivity index (χ3v) is 4.34. The van der Waals surface area contributed by atoms with Crippen molar-refractivity contribution in [3.63, 3.8) is 0 Å². The molecule has 0 radical (unpaired) electrons. The van der Waals surface area contributed by atoms with Gasteiger partial charge in [0.25, 0.3) is 0 Å². The molecule has 1 aliphatic rings. The van der Waals surface area contributed by atoms with Gasteiger partial charge in [0.05, 0.1) is 0 Å². The van der Waals surface area contributed by atoms with E-state index in [-0.39, 0.29) is 0 Å². The third-order valence-electron chi connectivity index (χ3n) is 4.34. The Kier molecular flexibility index (Phi) is 5.83. The molecule has 3 heterocycles. The van der Waals surface area contributed by atoms with Gasteiger partial charge in [0.2, 0.25) is 5.95 Å². The molecule has 0 unspecified atom stereocenters. The van der Waals surface area contributed by atoms with Crippen LogP contribution in [0.5, 0.6) is 0 Å². The molecule has 0 aliphatic carbocycles. The van der Waals surface area contributed by atoms with Gasteiger partial charge in [-0.1, -0.05) is 6.07 Å². The van der Waals surface area contributed by atoms with Gasteiger partial charge >= 0.3 is 0 Å². The summed E-state index contributed by atoms with van der Waals surface area (Å²) < 4.78 is 0. The van der Waals surface area contributed by atoms with Gasteiger partial charge in [-0.2, -0.15) is 0 Å². The van der Waals surface area contributed by atoms with Crippen molar-refractivity contribution >= 4 is 17.7 Å². The highest BCUT2D eigenvalue weighted by molar-refractivity contribution is 5.80. The molecule has 8 nitrogen and oxygen atoms in total. The van der Waals surface area contributed by atoms with E-state index < -0.39 is 0 Å². The zero-order valence-corrected chi connectivity index (χ0v) is 15.6. The van der Waals surface area contributed by atoms with E-state index in [1.165, 1.54) is 0 Å². The number of hydrogen-bond donors (Lipinski definition) is 1. The predicted molar refractivity (Wildman–Crippen MR) is 105 cm³/mol. The molecular formula is C18H26N8. The summed E-state index contributed by atoms with van der Waals surface area (Å²) in [5.74, 6) is 2.66. The second-order valence-corrected chi connectivity index (χ2v) is 6.34. The van der Waals surface area contributed by atoms with E-state index in [0.29, 0.717) is 6.54 Å². The molecule has 1 saturated heterocycles. The fourth-order valence-electron chi connectivity index (χ4n) is 2.87. The number of nitrogens with zero attached hydrogens (tertiary/aromatic N) is 7. The molecule has 26 heavy (non-hydrogen) atoms. The second kappa shape index (κ2) is 8.46. The summed E-state index contributed by atoms with van der Waals surface area (Å²) in [6.07, 6.45) is 5.47. The number of piperazine rings is 1. The van der Waals surface area contributed by atoms with E-state index >= 15 is 0 Å². The van der Waals surface area contributed by atoms with Gasteiger partial charge in [-0.25, -0.2) is 15.0 Å². The third kappa shape index (κ3) is 4.38. The van der Waals surface area contributed by atoms with Crippen molar-refractivity contribution in [2.75, 3.05) is 57.1 Å². The highest BCUT2D eigenvalue weighted by Crippen LogP contribution is 2.11. The molecule has 3 rings (SSSR count). The maximum absolute atomic E-state index is 4.45. The fourth-order valence-corrected chi connectivity index (χ4v) is 2.87. The van der Waals surface area contributed by atoms with E-state index in [9.17, 15) is 0 Å². The Morgan fingerprint density at radius 1 is 1.12 bits per heavy atom. The molecule has 0 atom stereocenters. The number of rotatable bonds is 4. The number of aromatic nitrogens is 3. The van der Waals surface area contributed by atoms with Crippen LogP contribution in [0.1, 0.15) is 5.56 Å². The van der Waals surface area contributed by atoms with Crippen LogP contribution in [0.3, 0.4) is 0 Å². The molecule has 0 spiro atoms. The largest absolute Gasteiger partial charge is 0.363 e. The second-order valence-electron chi connectivity index (χ2n) is 6.34. The van der Waals surface area contributed by atoms with Crippen LogP contribution in [0.15, 0.2) is 41.8 Å². The molecule has 0 aromatic carbocycles. The van der Waals surface area contributed by atoms with Gasteiger partial charge in [0.1, 0.15) is 5.82 Å². The normalized spacial score (nSPS) is 15.1. The minimum Gasteiger partial charge on any atom is -0.363 e. The van der Waals surface area contributed by atoms with Crippen LogP contribution in [0.25, 0.3) is 0 Å². The number of nitrogens with one attached hydrogen (secondary N) is 1. The summed E-state index contributed by atoms with van der Waals surface area (Å²) in [6.45, 7) is 4.23. The SMILES string of the molecule is CN=C(NCc1ccc(N(C)C)nc1)N1CCN(c2ncccn2)CC1. The number of aliphatic imine (C=N–C) groups is 1. The van der Waals surface area contributed by atoms with Crippen molar-refractivity contribution in [2.24, 2.45) is 4.99 Å². The first-order valence-corrected chi connectivity index (χ1v) is 8.77. The molecule has 0 bridgehead atoms. The highest BCUT2D eigenvalue weighted by Gasteiger charge is 2.20. The molecule has 2 aromatic rings. The van der Waals surface area contributed by atoms with Gasteiger partial charge < -0.3 is 20.0 Å². The van der Waals surface area contributed by atoms with Crippen LogP contribution in [0.4, 0.5) is 11.8 Å². The molecule has 138 valence electrons. The zero-order valence-electron chi connectivity index (χ0n) is 15.6. The van der Waals surface area contributed by atoms with Crippen LogP contribution in [0, 0.1) is 0 Å². The fraction of sp³-hybridized carbons (Fsp3) is 0.444. The predicted octanol–water partition coefficient (Wildman–Crippen LogP) is 0.835. The summed E-state index contributed by atoms with van der Waals surface area (Å²) in [7, 11) is 5.80. The Morgan fingerprint density at radius 3 is 2.42 bits per heavy atom. The molecule has 1 fully saturated rings. The summed E-state index contributed by atoms with van der Waals surface area (Å²) in [5.41, 5.74) is 1.13. The van der Waals surface area contributed by atoms with Crippen molar-refractivity contribution in [1.29, 1.82) is 0 Å². The average Bonchev–Trinajstić information content (AvgIpc) is 2.70. The molecule has 2 aromatic heterocycles. The van der Waals surface area contributed by atoms with Gasteiger partial charge in [-0.3, -0.25) is 4.99 Å². The van der Waals surface area contributed by atoms with Gasteiger partial charge in [-0.15, -0.1) is 0 Å². The minimum absolute atomic E-state index is 0.704. The number of guanidine groups is 1. The van der Waals surface area contributed by atoms with Crippen molar-refractivity contribution in [3.8, 4) is 0 Å². The van der Waals surface area contributed by atoms with E-state index in [1.807, 2.05) is 44.4 Å². The van der Waals surface area contributed by atoms with Crippen molar-refractivity contribution in [1.82, 2.24) is 25.2 Å². The van der Waals surface area contributed by atoms with E-state index in [1.54, 1.807) is 12.4 Å². The van der Waals surface area contributed by atoms with Gasteiger partial charge in [0, 0.05) is 72.5 Å². The molecule has 1 aliphatic heterocycles. The Bertz CT molecular complexity index is 706. The maximum atomic E-state index is 4.45. The highest BCUT2D eigenvalue weighted by atomic mass is 15.4. The van der Waals surface area contributed by atoms with Crippen LogP contribution in [0.2, 0.25) is 0 Å². The van der Waals surface area contributed by atoms with Crippen molar-refractivity contribution in [2.45, 2.75) is 6.54 Å². The van der Waals surface area contributed by atoms with E-state index in [0.717, 1.165) is 49.5 Å². The Hall–Kier alpha value is -2.90. The summed E-state index contributed by atoms with van der Waals surface area (Å²) in [4.78, 5) is 24.0. The summed E-state index contributed by atoms with van der Waals surface area (Å²) in [5, 5.41) is 3.43. The monoisotopic (exact) mass is 354 g/mol. The lowest BCUT2D eigenvalue weighted by Crippen LogP contribution is -2.52. The van der Waals surface area contributed by atoms with Gasteiger partial charge in [-0.05, 0) is 17.7 Å². The lowest BCUT2D eigenvalue weighted by molar-refractivity contribution is 0.370. The summed E-state index contributed by atoms with van der Waals surface area (Å²) in [6, 6.07) is 5.96. The lowest BCUT2D eigenvalue weighted by Gasteiger charge is -2.36. The Morgan fingerprint density at radius 2 is 1.85 bits per heavy atom. The summed E-state index contributed by atoms with van der Waals surface area (Å²) >= 11 is 0. The molecule has 0 saturated carbocycles. The van der Waals surface area contributed by atoms with Crippen LogP contribution < -0.4 is 15.1 Å². The standard InChI is InChI=1S/C18H26N8/c1-19-17(23-14-15-5-6-16(22-13-15)24(2)3)25-9-11-26(12-10-25)18-20-7-4-8-21-18/h4-8,13H,9-12,14H2,1-3H3,(H,19,23). The van der Waals surface area contributed by atoms with E-state index in [2.05, 4.69) is 41.1 Å². The Balaban J connectivity index is 1.52. The molecule has 0 amide bonds. The number of anilines is 2. The van der Waals surface area contributed by atoms with Crippen molar-refractivity contribution < 1.29 is 0 Å². The first-order valence-electron chi connectivity index (χ1n) is 8.77. The lowest BCUT2D eigenvalue weighted by atomic mass is 10.2. The van der Waals surface area contributed by atoms with Crippen LogP contribution in [-0.4, -0.2) is 73.1 Å². The Labute approximate surface area is 154 Å². The van der Waals surface area contributed by atoms with Crippen molar-refractivity contribution in [3.05, 3.63) is 42.4 Å². The smallest absolute Gasteiger partial charge is 0.225 e. The maximum Gasteiger partial charge on any atom is 0.225 e.